The summed E-state index contributed by atoms with van der Waals surface area (Å²) in [4.78, 5) is 0. The number of aliphatic hydroxyl groups excluding tert-OH is 1. The van der Waals surface area contributed by atoms with Gasteiger partial charge in [0.25, 0.3) is 0 Å². The molecule has 1 atom stereocenters. The van der Waals surface area contributed by atoms with Crippen LogP contribution in [0.25, 0.3) is 0 Å². The lowest BCUT2D eigenvalue weighted by Crippen LogP contribution is -2.08. The third-order valence-electron chi connectivity index (χ3n) is 3.13. The maximum absolute atomic E-state index is 12.7. The second kappa shape index (κ2) is 5.46. The average molecular weight is 301 g/mol. The van der Waals surface area contributed by atoms with Crippen LogP contribution in [0.5, 0.6) is 0 Å². The Morgan fingerprint density at radius 2 is 1.75 bits per heavy atom. The maximum Gasteiger partial charge on any atom is 0.416 e. The summed E-state index contributed by atoms with van der Waals surface area (Å²) >= 11 is 5.96. The molecule has 1 N–H and O–H groups in total. The molecule has 2 aromatic rings. The molecule has 0 aliphatic heterocycles. The van der Waals surface area contributed by atoms with Crippen molar-refractivity contribution in [3.8, 4) is 0 Å². The van der Waals surface area contributed by atoms with Crippen LogP contribution in [-0.4, -0.2) is 5.11 Å². The van der Waals surface area contributed by atoms with Crippen molar-refractivity contribution in [1.29, 1.82) is 0 Å². The molecular weight excluding hydrogens is 289 g/mol. The van der Waals surface area contributed by atoms with E-state index in [-0.39, 0.29) is 5.56 Å². The number of hydrogen-bond acceptors (Lipinski definition) is 1. The third-order valence-corrected chi connectivity index (χ3v) is 3.54. The summed E-state index contributed by atoms with van der Waals surface area (Å²) in [5.74, 6) is 0. The van der Waals surface area contributed by atoms with Gasteiger partial charge in [-0.3, -0.25) is 0 Å². The van der Waals surface area contributed by atoms with Gasteiger partial charge in [-0.25, -0.2) is 0 Å². The molecule has 2 aromatic carbocycles. The van der Waals surface area contributed by atoms with E-state index in [1.807, 2.05) is 0 Å². The van der Waals surface area contributed by atoms with Crippen LogP contribution in [0, 0.1) is 6.92 Å². The van der Waals surface area contributed by atoms with E-state index in [0.717, 1.165) is 12.1 Å². The SMILES string of the molecule is Cc1c(Cl)cccc1C(O)c1cccc(C(F)(F)F)c1. The van der Waals surface area contributed by atoms with Crippen molar-refractivity contribution in [2.24, 2.45) is 0 Å². The zero-order valence-electron chi connectivity index (χ0n) is 10.6. The smallest absolute Gasteiger partial charge is 0.384 e. The predicted molar refractivity (Wildman–Crippen MR) is 71.7 cm³/mol. The molecule has 20 heavy (non-hydrogen) atoms. The zero-order chi connectivity index (χ0) is 14.9. The Hall–Kier alpha value is -1.52. The van der Waals surface area contributed by atoms with Gasteiger partial charge in [-0.1, -0.05) is 35.9 Å². The average Bonchev–Trinajstić information content (AvgIpc) is 2.40. The summed E-state index contributed by atoms with van der Waals surface area (Å²) in [6, 6.07) is 9.63. The van der Waals surface area contributed by atoms with Gasteiger partial charge in [-0.2, -0.15) is 13.2 Å². The minimum atomic E-state index is -4.43. The van der Waals surface area contributed by atoms with Crippen LogP contribution in [0.2, 0.25) is 5.02 Å². The van der Waals surface area contributed by atoms with Gasteiger partial charge in [0.2, 0.25) is 0 Å². The van der Waals surface area contributed by atoms with E-state index in [9.17, 15) is 18.3 Å². The third kappa shape index (κ3) is 2.97. The van der Waals surface area contributed by atoms with Crippen LogP contribution in [0.4, 0.5) is 13.2 Å². The predicted octanol–water partition coefficient (Wildman–Crippen LogP) is 4.75. The van der Waals surface area contributed by atoms with Crippen LogP contribution < -0.4 is 0 Å². The fourth-order valence-electron chi connectivity index (χ4n) is 1.99. The normalized spacial score (nSPS) is 13.3. The number of aliphatic hydroxyl groups is 1. The molecule has 0 fully saturated rings. The summed E-state index contributed by atoms with van der Waals surface area (Å²) in [5, 5.41) is 10.7. The van der Waals surface area contributed by atoms with E-state index in [4.69, 9.17) is 11.6 Å². The largest absolute Gasteiger partial charge is 0.416 e. The number of alkyl halides is 3. The van der Waals surface area contributed by atoms with Gasteiger partial charge in [0.1, 0.15) is 6.10 Å². The minimum Gasteiger partial charge on any atom is -0.384 e. The van der Waals surface area contributed by atoms with Gasteiger partial charge in [0.15, 0.2) is 0 Å². The highest BCUT2D eigenvalue weighted by atomic mass is 35.5. The van der Waals surface area contributed by atoms with Crippen LogP contribution in [-0.2, 0) is 6.18 Å². The molecule has 0 spiro atoms. The molecule has 0 saturated carbocycles. The summed E-state index contributed by atoms with van der Waals surface area (Å²) in [7, 11) is 0. The number of hydrogen-bond donors (Lipinski definition) is 1. The Morgan fingerprint density at radius 3 is 2.40 bits per heavy atom. The summed E-state index contributed by atoms with van der Waals surface area (Å²) in [5.41, 5.74) is 0.551. The molecular formula is C15H12ClF3O. The van der Waals surface area contributed by atoms with Gasteiger partial charge in [0, 0.05) is 5.02 Å². The number of halogens is 4. The Balaban J connectivity index is 2.44. The molecule has 5 heteroatoms. The van der Waals surface area contributed by atoms with Crippen LogP contribution in [0.3, 0.4) is 0 Å². The van der Waals surface area contributed by atoms with Crippen LogP contribution in [0.15, 0.2) is 42.5 Å². The topological polar surface area (TPSA) is 20.2 Å². The Bertz CT molecular complexity index is 623. The summed E-state index contributed by atoms with van der Waals surface area (Å²) < 4.78 is 38.0. The molecule has 0 amide bonds. The van der Waals surface area contributed by atoms with E-state index in [2.05, 4.69) is 0 Å². The summed E-state index contributed by atoms with van der Waals surface area (Å²) in [6.07, 6.45) is -5.57. The zero-order valence-corrected chi connectivity index (χ0v) is 11.3. The van der Waals surface area contributed by atoms with Crippen molar-refractivity contribution < 1.29 is 18.3 Å². The molecule has 0 radical (unpaired) electrons. The highest BCUT2D eigenvalue weighted by molar-refractivity contribution is 6.31. The monoisotopic (exact) mass is 300 g/mol. The van der Waals surface area contributed by atoms with Gasteiger partial charge in [-0.15, -0.1) is 0 Å². The van der Waals surface area contributed by atoms with E-state index in [1.54, 1.807) is 25.1 Å². The second-order valence-corrected chi connectivity index (χ2v) is 4.89. The Kier molecular flexibility index (Phi) is 4.06. The lowest BCUT2D eigenvalue weighted by atomic mass is 9.96. The molecule has 0 aromatic heterocycles. The van der Waals surface area contributed by atoms with Crippen molar-refractivity contribution in [2.45, 2.75) is 19.2 Å². The molecule has 0 aliphatic carbocycles. The first-order valence-electron chi connectivity index (χ1n) is 5.91. The van der Waals surface area contributed by atoms with E-state index in [1.165, 1.54) is 12.1 Å². The van der Waals surface area contributed by atoms with Crippen molar-refractivity contribution in [3.05, 3.63) is 69.7 Å². The Labute approximate surface area is 119 Å². The van der Waals surface area contributed by atoms with Gasteiger partial charge < -0.3 is 5.11 Å². The van der Waals surface area contributed by atoms with Crippen LogP contribution >= 0.6 is 11.6 Å². The molecule has 0 saturated heterocycles. The van der Waals surface area contributed by atoms with Crippen molar-refractivity contribution in [3.63, 3.8) is 0 Å². The van der Waals surface area contributed by atoms with Crippen molar-refractivity contribution >= 4 is 11.6 Å². The van der Waals surface area contributed by atoms with E-state index < -0.39 is 17.8 Å². The first kappa shape index (κ1) is 14.9. The second-order valence-electron chi connectivity index (χ2n) is 4.48. The fraction of sp³-hybridized carbons (Fsp3) is 0.200. The highest BCUT2D eigenvalue weighted by Gasteiger charge is 2.31. The minimum absolute atomic E-state index is 0.185. The molecule has 1 unspecified atom stereocenters. The number of rotatable bonds is 2. The van der Waals surface area contributed by atoms with E-state index in [0.29, 0.717) is 16.1 Å². The lowest BCUT2D eigenvalue weighted by molar-refractivity contribution is -0.137. The standard InChI is InChI=1S/C15H12ClF3O/c1-9-12(6-3-7-13(9)16)14(20)10-4-2-5-11(8-10)15(17,18)19/h2-8,14,20H,1H3. The fourth-order valence-corrected chi connectivity index (χ4v) is 2.17. The van der Waals surface area contributed by atoms with Gasteiger partial charge in [-0.05, 0) is 41.8 Å². The van der Waals surface area contributed by atoms with Crippen LogP contribution in [0.1, 0.15) is 28.4 Å². The van der Waals surface area contributed by atoms with Gasteiger partial charge in [0.05, 0.1) is 5.56 Å². The molecule has 1 nitrogen and oxygen atoms in total. The summed E-state index contributed by atoms with van der Waals surface area (Å²) in [6.45, 7) is 1.72. The molecule has 2 rings (SSSR count). The number of benzene rings is 2. The molecule has 0 bridgehead atoms. The van der Waals surface area contributed by atoms with Crippen molar-refractivity contribution in [2.75, 3.05) is 0 Å². The maximum atomic E-state index is 12.7. The first-order valence-corrected chi connectivity index (χ1v) is 6.28. The van der Waals surface area contributed by atoms with Crippen molar-refractivity contribution in [1.82, 2.24) is 0 Å². The highest BCUT2D eigenvalue weighted by Crippen LogP contribution is 2.33. The molecule has 0 heterocycles. The first-order chi connectivity index (χ1) is 9.30. The van der Waals surface area contributed by atoms with Gasteiger partial charge >= 0.3 is 6.18 Å². The molecule has 0 aliphatic rings. The molecule has 106 valence electrons. The lowest BCUT2D eigenvalue weighted by Gasteiger charge is -2.16. The van der Waals surface area contributed by atoms with E-state index >= 15 is 0 Å². The quantitative estimate of drug-likeness (QED) is 0.848. The Morgan fingerprint density at radius 1 is 1.10 bits per heavy atom.